The lowest BCUT2D eigenvalue weighted by molar-refractivity contribution is -0.131. The lowest BCUT2D eigenvalue weighted by Crippen LogP contribution is -2.23. The second-order valence-corrected chi connectivity index (χ2v) is 7.12. The van der Waals surface area contributed by atoms with Crippen molar-refractivity contribution in [3.05, 3.63) is 53.3 Å². The number of halogens is 3. The third-order valence-corrected chi connectivity index (χ3v) is 4.75. The molecular formula is C23H23F3N4O2. The van der Waals surface area contributed by atoms with Crippen LogP contribution in [0.2, 0.25) is 0 Å². The number of aryl methyl sites for hydroxylation is 1. The average molecular weight is 444 g/mol. The van der Waals surface area contributed by atoms with E-state index in [4.69, 9.17) is 5.11 Å². The molecule has 1 amide bonds. The third kappa shape index (κ3) is 5.39. The zero-order chi connectivity index (χ0) is 23.3. The number of anilines is 1. The molecule has 0 spiro atoms. The molecule has 0 radical (unpaired) electrons. The first-order chi connectivity index (χ1) is 15.2. The van der Waals surface area contributed by atoms with Crippen LogP contribution in [-0.4, -0.2) is 46.3 Å². The van der Waals surface area contributed by atoms with Gasteiger partial charge in [-0.3, -0.25) is 9.20 Å². The minimum Gasteiger partial charge on any atom is -0.384 e. The van der Waals surface area contributed by atoms with Gasteiger partial charge in [-0.15, -0.1) is 0 Å². The van der Waals surface area contributed by atoms with Gasteiger partial charge in [0.05, 0.1) is 24.0 Å². The van der Waals surface area contributed by atoms with Crippen LogP contribution in [0.4, 0.5) is 18.9 Å². The van der Waals surface area contributed by atoms with Crippen molar-refractivity contribution < 1.29 is 23.1 Å². The second-order valence-electron chi connectivity index (χ2n) is 7.12. The lowest BCUT2D eigenvalue weighted by atomic mass is 10.0. The Morgan fingerprint density at radius 2 is 2.06 bits per heavy atom. The summed E-state index contributed by atoms with van der Waals surface area (Å²) in [5.74, 6) is 5.18. The summed E-state index contributed by atoms with van der Waals surface area (Å²) in [5, 5.41) is 14.6. The summed E-state index contributed by atoms with van der Waals surface area (Å²) in [6, 6.07) is 6.99. The Hall–Kier alpha value is -3.51. The van der Waals surface area contributed by atoms with Crippen LogP contribution in [0.15, 0.2) is 36.7 Å². The molecule has 0 saturated carbocycles. The Balaban J connectivity index is 2.04. The largest absolute Gasteiger partial charge is 0.390 e. The normalized spacial score (nSPS) is 11.2. The molecule has 32 heavy (non-hydrogen) atoms. The predicted octanol–water partition coefficient (Wildman–Crippen LogP) is 3.77. The van der Waals surface area contributed by atoms with Crippen LogP contribution in [0.3, 0.4) is 0 Å². The summed E-state index contributed by atoms with van der Waals surface area (Å²) in [6.45, 7) is 3.55. The standard InChI is InChI=1S/C23H23F3N4O2/c1-3-27-22(32)18-7-6-17(11-15(18)2)20-13-29-21-19(28-9-8-23(24,25)26)12-16(5-4-10-31)14-30(20)21/h6-7,11-14,28,31H,3,8-10H2,1-2H3,(H,27,32). The van der Waals surface area contributed by atoms with E-state index in [1.165, 1.54) is 0 Å². The van der Waals surface area contributed by atoms with Crippen LogP contribution in [0.25, 0.3) is 16.9 Å². The number of carbonyl (C=O) groups is 1. The summed E-state index contributed by atoms with van der Waals surface area (Å²) in [7, 11) is 0. The van der Waals surface area contributed by atoms with Crippen LogP contribution >= 0.6 is 0 Å². The van der Waals surface area contributed by atoms with Gasteiger partial charge in [-0.05, 0) is 37.6 Å². The first-order valence-corrected chi connectivity index (χ1v) is 10.0. The fraction of sp³-hybridized carbons (Fsp3) is 0.304. The molecule has 0 saturated heterocycles. The van der Waals surface area contributed by atoms with Crippen LogP contribution < -0.4 is 10.6 Å². The van der Waals surface area contributed by atoms with E-state index in [0.717, 1.165) is 11.1 Å². The first-order valence-electron chi connectivity index (χ1n) is 10.0. The number of nitrogens with one attached hydrogen (secondary N) is 2. The maximum absolute atomic E-state index is 12.6. The lowest BCUT2D eigenvalue weighted by Gasteiger charge is -2.12. The zero-order valence-corrected chi connectivity index (χ0v) is 17.7. The Morgan fingerprint density at radius 3 is 2.72 bits per heavy atom. The summed E-state index contributed by atoms with van der Waals surface area (Å²) in [6.07, 6.45) is -1.93. The molecule has 0 fully saturated rings. The molecule has 3 N–H and O–H groups in total. The smallest absolute Gasteiger partial charge is 0.384 e. The van der Waals surface area contributed by atoms with Crippen LogP contribution in [-0.2, 0) is 0 Å². The number of nitrogens with zero attached hydrogens (tertiary/aromatic N) is 2. The molecule has 0 aliphatic carbocycles. The number of pyridine rings is 1. The third-order valence-electron chi connectivity index (χ3n) is 4.75. The molecule has 1 aromatic carbocycles. The summed E-state index contributed by atoms with van der Waals surface area (Å²) < 4.78 is 39.5. The van der Waals surface area contributed by atoms with Gasteiger partial charge in [0.2, 0.25) is 0 Å². The monoisotopic (exact) mass is 444 g/mol. The first kappa shape index (κ1) is 23.2. The number of aliphatic hydroxyl groups is 1. The predicted molar refractivity (Wildman–Crippen MR) is 116 cm³/mol. The number of carbonyl (C=O) groups excluding carboxylic acids is 1. The highest BCUT2D eigenvalue weighted by Gasteiger charge is 2.26. The van der Waals surface area contributed by atoms with Crippen molar-refractivity contribution >= 4 is 17.2 Å². The Labute approximate surface area is 183 Å². The number of rotatable bonds is 6. The van der Waals surface area contributed by atoms with Gasteiger partial charge in [0.15, 0.2) is 5.65 Å². The van der Waals surface area contributed by atoms with Crippen molar-refractivity contribution in [3.63, 3.8) is 0 Å². The van der Waals surface area contributed by atoms with Crippen molar-refractivity contribution in [2.45, 2.75) is 26.4 Å². The molecule has 0 bridgehead atoms. The van der Waals surface area contributed by atoms with E-state index in [1.54, 1.807) is 35.0 Å². The summed E-state index contributed by atoms with van der Waals surface area (Å²) in [4.78, 5) is 16.6. The fourth-order valence-electron chi connectivity index (χ4n) is 3.31. The maximum Gasteiger partial charge on any atom is 0.390 e. The zero-order valence-electron chi connectivity index (χ0n) is 17.7. The minimum atomic E-state index is -4.28. The van der Waals surface area contributed by atoms with Crippen molar-refractivity contribution in [1.29, 1.82) is 0 Å². The highest BCUT2D eigenvalue weighted by Crippen LogP contribution is 2.28. The number of aromatic nitrogens is 2. The molecule has 168 valence electrons. The van der Waals surface area contributed by atoms with Gasteiger partial charge < -0.3 is 15.7 Å². The van der Waals surface area contributed by atoms with Gasteiger partial charge in [0.1, 0.15) is 6.61 Å². The van der Waals surface area contributed by atoms with Crippen molar-refractivity contribution in [2.75, 3.05) is 25.0 Å². The van der Waals surface area contributed by atoms with Crippen LogP contribution in [0, 0.1) is 18.8 Å². The average Bonchev–Trinajstić information content (AvgIpc) is 3.15. The SMILES string of the molecule is CCNC(=O)c1ccc(-c2cnc3c(NCCC(F)(F)F)cc(C#CCO)cn23)cc1C. The molecule has 3 aromatic rings. The number of hydrogen-bond donors (Lipinski definition) is 3. The Morgan fingerprint density at radius 1 is 1.28 bits per heavy atom. The maximum atomic E-state index is 12.6. The van der Waals surface area contributed by atoms with E-state index in [9.17, 15) is 18.0 Å². The van der Waals surface area contributed by atoms with E-state index in [2.05, 4.69) is 27.5 Å². The highest BCUT2D eigenvalue weighted by atomic mass is 19.4. The van der Waals surface area contributed by atoms with E-state index >= 15 is 0 Å². The van der Waals surface area contributed by atoms with Gasteiger partial charge in [-0.25, -0.2) is 4.98 Å². The highest BCUT2D eigenvalue weighted by molar-refractivity contribution is 5.96. The number of amides is 1. The molecule has 0 aliphatic heterocycles. The number of aliphatic hydroxyl groups excluding tert-OH is 1. The number of alkyl halides is 3. The topological polar surface area (TPSA) is 78.7 Å². The van der Waals surface area contributed by atoms with Crippen molar-refractivity contribution in [2.24, 2.45) is 0 Å². The molecule has 0 aliphatic rings. The Kier molecular flexibility index (Phi) is 7.05. The van der Waals surface area contributed by atoms with Crippen LogP contribution in [0.1, 0.15) is 34.8 Å². The minimum absolute atomic E-state index is 0.160. The number of fused-ring (bicyclic) bond motifs is 1. The second kappa shape index (κ2) is 9.75. The molecule has 2 heterocycles. The van der Waals surface area contributed by atoms with Crippen molar-refractivity contribution in [3.8, 4) is 23.1 Å². The molecular weight excluding hydrogens is 421 g/mol. The number of benzene rings is 1. The summed E-state index contributed by atoms with van der Waals surface area (Å²) in [5.41, 5.74) is 4.18. The Bertz CT molecular complexity index is 1190. The summed E-state index contributed by atoms with van der Waals surface area (Å²) >= 11 is 0. The molecule has 9 heteroatoms. The fourth-order valence-corrected chi connectivity index (χ4v) is 3.31. The van der Waals surface area contributed by atoms with Gasteiger partial charge in [0.25, 0.3) is 5.91 Å². The quantitative estimate of drug-likeness (QED) is 0.506. The molecule has 0 unspecified atom stereocenters. The van der Waals surface area contributed by atoms with E-state index < -0.39 is 12.6 Å². The van der Waals surface area contributed by atoms with E-state index in [1.807, 2.05) is 19.9 Å². The van der Waals surface area contributed by atoms with Gasteiger partial charge in [-0.1, -0.05) is 17.9 Å². The molecule has 2 aromatic heterocycles. The molecule has 6 nitrogen and oxygen atoms in total. The molecule has 0 atom stereocenters. The van der Waals surface area contributed by atoms with Gasteiger partial charge >= 0.3 is 6.18 Å². The molecule has 3 rings (SSSR count). The van der Waals surface area contributed by atoms with Crippen molar-refractivity contribution in [1.82, 2.24) is 14.7 Å². The number of hydrogen-bond acceptors (Lipinski definition) is 4. The van der Waals surface area contributed by atoms with E-state index in [0.29, 0.717) is 34.7 Å². The van der Waals surface area contributed by atoms with Gasteiger partial charge in [-0.2, -0.15) is 13.2 Å². The van der Waals surface area contributed by atoms with Crippen LogP contribution in [0.5, 0.6) is 0 Å². The van der Waals surface area contributed by atoms with Gasteiger partial charge in [0, 0.05) is 36.0 Å². The number of imidazole rings is 1. The van der Waals surface area contributed by atoms with E-state index in [-0.39, 0.29) is 19.1 Å².